The predicted molar refractivity (Wildman–Crippen MR) is 61.3 cm³/mol. The molecule has 2 atom stereocenters. The molecule has 0 saturated carbocycles. The number of rotatable bonds is 6. The van der Waals surface area contributed by atoms with Gasteiger partial charge in [-0.15, -0.1) is 0 Å². The van der Waals surface area contributed by atoms with Gasteiger partial charge in [-0.3, -0.25) is 9.59 Å². The van der Waals surface area contributed by atoms with Crippen molar-refractivity contribution in [3.05, 3.63) is 0 Å². The Morgan fingerprint density at radius 3 is 3.00 bits per heavy atom. The van der Waals surface area contributed by atoms with Crippen LogP contribution in [0.5, 0.6) is 0 Å². The highest BCUT2D eigenvalue weighted by Gasteiger charge is 2.34. The molecule has 2 N–H and O–H groups in total. The van der Waals surface area contributed by atoms with Crippen molar-refractivity contribution < 1.29 is 19.4 Å². The van der Waals surface area contributed by atoms with Crippen LogP contribution in [0.1, 0.15) is 13.3 Å². The summed E-state index contributed by atoms with van der Waals surface area (Å²) in [6.07, 6.45) is 0.244. The second-order valence-corrected chi connectivity index (χ2v) is 4.33. The smallest absolute Gasteiger partial charge is 0.225 e. The van der Waals surface area contributed by atoms with Crippen molar-refractivity contribution in [2.75, 3.05) is 33.4 Å². The van der Waals surface area contributed by atoms with Gasteiger partial charge in [0.1, 0.15) is 0 Å². The molecule has 0 aromatic carbocycles. The van der Waals surface area contributed by atoms with E-state index >= 15 is 0 Å². The van der Waals surface area contributed by atoms with Crippen LogP contribution >= 0.6 is 0 Å². The number of likely N-dealkylation sites (tertiary alicyclic amines) is 1. The molecule has 0 bridgehead atoms. The number of hydrogen-bond acceptors (Lipinski definition) is 4. The second-order valence-electron chi connectivity index (χ2n) is 4.33. The van der Waals surface area contributed by atoms with Crippen molar-refractivity contribution >= 4 is 11.8 Å². The lowest BCUT2D eigenvalue weighted by atomic mass is 10.1. The molecule has 0 aromatic heterocycles. The normalized spacial score (nSPS) is 21.7. The van der Waals surface area contributed by atoms with Crippen LogP contribution in [0.3, 0.4) is 0 Å². The van der Waals surface area contributed by atoms with Gasteiger partial charge < -0.3 is 20.1 Å². The van der Waals surface area contributed by atoms with Gasteiger partial charge in [0.05, 0.1) is 19.1 Å². The van der Waals surface area contributed by atoms with Crippen LogP contribution in [0.15, 0.2) is 0 Å². The number of ether oxygens (including phenoxy) is 1. The maximum absolute atomic E-state index is 11.7. The lowest BCUT2D eigenvalue weighted by molar-refractivity contribution is -0.129. The van der Waals surface area contributed by atoms with Gasteiger partial charge >= 0.3 is 0 Å². The lowest BCUT2D eigenvalue weighted by Crippen LogP contribution is -2.40. The maximum atomic E-state index is 11.7. The van der Waals surface area contributed by atoms with E-state index < -0.39 is 0 Å². The first kappa shape index (κ1) is 13.9. The van der Waals surface area contributed by atoms with Crippen LogP contribution < -0.4 is 5.32 Å². The van der Waals surface area contributed by atoms with Crippen LogP contribution in [0.4, 0.5) is 0 Å². The zero-order valence-electron chi connectivity index (χ0n) is 10.3. The van der Waals surface area contributed by atoms with E-state index in [1.807, 2.05) is 0 Å². The quantitative estimate of drug-likeness (QED) is 0.627. The second kappa shape index (κ2) is 6.56. The molecular formula is C11H20N2O4. The molecule has 1 rings (SSSR count). The molecule has 0 aromatic rings. The SMILES string of the molecule is COCCN1CC(C(=O)NC(C)CO)CC1=O. The van der Waals surface area contributed by atoms with E-state index in [0.29, 0.717) is 19.7 Å². The van der Waals surface area contributed by atoms with Crippen molar-refractivity contribution in [2.24, 2.45) is 5.92 Å². The zero-order chi connectivity index (χ0) is 12.8. The van der Waals surface area contributed by atoms with E-state index in [1.54, 1.807) is 18.9 Å². The van der Waals surface area contributed by atoms with Gasteiger partial charge in [0.2, 0.25) is 11.8 Å². The number of nitrogens with zero attached hydrogens (tertiary/aromatic N) is 1. The van der Waals surface area contributed by atoms with Gasteiger partial charge in [-0.25, -0.2) is 0 Å². The minimum atomic E-state index is -0.312. The fraction of sp³-hybridized carbons (Fsp3) is 0.818. The van der Waals surface area contributed by atoms with E-state index in [4.69, 9.17) is 9.84 Å². The van der Waals surface area contributed by atoms with Gasteiger partial charge in [-0.2, -0.15) is 0 Å². The minimum absolute atomic E-state index is 0.0150. The molecule has 1 aliphatic rings. The molecule has 1 saturated heterocycles. The molecule has 1 fully saturated rings. The number of carbonyl (C=O) groups excluding carboxylic acids is 2. The largest absolute Gasteiger partial charge is 0.394 e. The van der Waals surface area contributed by atoms with Crippen molar-refractivity contribution in [2.45, 2.75) is 19.4 Å². The highest BCUT2D eigenvalue weighted by Crippen LogP contribution is 2.17. The molecule has 1 aliphatic heterocycles. The summed E-state index contributed by atoms with van der Waals surface area (Å²) >= 11 is 0. The summed E-state index contributed by atoms with van der Waals surface area (Å²) in [5.74, 6) is -0.493. The van der Waals surface area contributed by atoms with E-state index in [1.165, 1.54) is 0 Å². The summed E-state index contributed by atoms with van der Waals surface area (Å²) in [6, 6.07) is -0.273. The maximum Gasteiger partial charge on any atom is 0.225 e. The highest BCUT2D eigenvalue weighted by molar-refractivity contribution is 5.89. The number of aliphatic hydroxyl groups excluding tert-OH is 1. The van der Waals surface area contributed by atoms with E-state index in [9.17, 15) is 9.59 Å². The number of carbonyl (C=O) groups is 2. The summed E-state index contributed by atoms with van der Waals surface area (Å²) in [5.41, 5.74) is 0. The summed E-state index contributed by atoms with van der Waals surface area (Å²) < 4.78 is 4.90. The summed E-state index contributed by atoms with van der Waals surface area (Å²) in [6.45, 7) is 3.06. The number of hydrogen-bond donors (Lipinski definition) is 2. The number of methoxy groups -OCH3 is 1. The third-order valence-corrected chi connectivity index (χ3v) is 2.81. The van der Waals surface area contributed by atoms with Crippen LogP contribution in [-0.2, 0) is 14.3 Å². The summed E-state index contributed by atoms with van der Waals surface area (Å²) in [5, 5.41) is 11.5. The highest BCUT2D eigenvalue weighted by atomic mass is 16.5. The molecule has 0 aliphatic carbocycles. The van der Waals surface area contributed by atoms with Crippen molar-refractivity contribution in [3.63, 3.8) is 0 Å². The monoisotopic (exact) mass is 244 g/mol. The Balaban J connectivity index is 2.42. The van der Waals surface area contributed by atoms with E-state index in [0.717, 1.165) is 0 Å². The van der Waals surface area contributed by atoms with Gasteiger partial charge in [0.25, 0.3) is 0 Å². The molecule has 6 nitrogen and oxygen atoms in total. The molecule has 2 unspecified atom stereocenters. The van der Waals surface area contributed by atoms with Crippen LogP contribution in [0, 0.1) is 5.92 Å². The fourth-order valence-electron chi connectivity index (χ4n) is 1.77. The average Bonchev–Trinajstić information content (AvgIpc) is 2.68. The summed E-state index contributed by atoms with van der Waals surface area (Å²) in [7, 11) is 1.58. The molecule has 98 valence electrons. The van der Waals surface area contributed by atoms with Crippen LogP contribution in [0.25, 0.3) is 0 Å². The van der Waals surface area contributed by atoms with Crippen molar-refractivity contribution in [3.8, 4) is 0 Å². The van der Waals surface area contributed by atoms with Gasteiger partial charge in [0.15, 0.2) is 0 Å². The summed E-state index contributed by atoms with van der Waals surface area (Å²) in [4.78, 5) is 25.0. The molecular weight excluding hydrogens is 224 g/mol. The first-order valence-electron chi connectivity index (χ1n) is 5.76. The van der Waals surface area contributed by atoms with Crippen LogP contribution in [-0.4, -0.2) is 61.3 Å². The third kappa shape index (κ3) is 3.98. The molecule has 0 spiro atoms. The van der Waals surface area contributed by atoms with Crippen molar-refractivity contribution in [1.29, 1.82) is 0 Å². The Bertz CT molecular complexity index is 283. The van der Waals surface area contributed by atoms with E-state index in [2.05, 4.69) is 5.32 Å². The molecule has 1 heterocycles. The Kier molecular flexibility index (Phi) is 5.37. The van der Waals surface area contributed by atoms with Gasteiger partial charge in [-0.1, -0.05) is 0 Å². The van der Waals surface area contributed by atoms with Gasteiger partial charge in [0, 0.05) is 32.7 Å². The van der Waals surface area contributed by atoms with Crippen LogP contribution in [0.2, 0.25) is 0 Å². The number of amides is 2. The van der Waals surface area contributed by atoms with Gasteiger partial charge in [-0.05, 0) is 6.92 Å². The third-order valence-electron chi connectivity index (χ3n) is 2.81. The zero-order valence-corrected chi connectivity index (χ0v) is 10.3. The first-order valence-corrected chi connectivity index (χ1v) is 5.76. The molecule has 6 heteroatoms. The minimum Gasteiger partial charge on any atom is -0.394 e. The topological polar surface area (TPSA) is 78.9 Å². The standard InChI is InChI=1S/C11H20N2O4/c1-8(7-14)12-11(16)9-5-10(15)13(6-9)3-4-17-2/h8-9,14H,3-7H2,1-2H3,(H,12,16). The lowest BCUT2D eigenvalue weighted by Gasteiger charge is -2.17. The number of nitrogens with one attached hydrogen (secondary N) is 1. The fourth-order valence-corrected chi connectivity index (χ4v) is 1.77. The number of aliphatic hydroxyl groups is 1. The Hall–Kier alpha value is -1.14. The molecule has 0 radical (unpaired) electrons. The molecule has 17 heavy (non-hydrogen) atoms. The Labute approximate surface area is 101 Å². The Morgan fingerprint density at radius 1 is 1.71 bits per heavy atom. The van der Waals surface area contributed by atoms with E-state index in [-0.39, 0.29) is 36.8 Å². The van der Waals surface area contributed by atoms with Crippen molar-refractivity contribution in [1.82, 2.24) is 10.2 Å². The average molecular weight is 244 g/mol. The molecule has 2 amide bonds. The first-order chi connectivity index (χ1) is 8.08. The predicted octanol–water partition coefficient (Wildman–Crippen LogP) is -1.02. The Morgan fingerprint density at radius 2 is 2.41 bits per heavy atom.